The summed E-state index contributed by atoms with van der Waals surface area (Å²) < 4.78 is 14.0. The molecule has 0 spiro atoms. The van der Waals surface area contributed by atoms with Gasteiger partial charge in [0.05, 0.1) is 11.6 Å². The first-order chi connectivity index (χ1) is 10.3. The zero-order chi connectivity index (χ0) is 14.7. The highest BCUT2D eigenvalue weighted by molar-refractivity contribution is 5.34. The molecule has 1 aliphatic carbocycles. The van der Waals surface area contributed by atoms with Gasteiger partial charge in [0.1, 0.15) is 5.82 Å². The molecule has 2 nitrogen and oxygen atoms in total. The van der Waals surface area contributed by atoms with E-state index in [9.17, 15) is 4.39 Å². The normalized spacial score (nSPS) is 14.1. The number of nitriles is 1. The lowest BCUT2D eigenvalue weighted by atomic mass is 10.1. The molecule has 1 aliphatic rings. The van der Waals surface area contributed by atoms with E-state index in [2.05, 4.69) is 23.1 Å². The summed E-state index contributed by atoms with van der Waals surface area (Å²) in [6.07, 6.45) is 2.35. The van der Waals surface area contributed by atoms with Gasteiger partial charge < -0.3 is 0 Å². The fourth-order valence-corrected chi connectivity index (χ4v) is 2.56. The highest BCUT2D eigenvalue weighted by atomic mass is 19.1. The molecule has 0 amide bonds. The van der Waals surface area contributed by atoms with Crippen molar-refractivity contribution in [2.45, 2.75) is 32.0 Å². The van der Waals surface area contributed by atoms with Crippen LogP contribution in [-0.2, 0) is 13.1 Å². The van der Waals surface area contributed by atoms with Gasteiger partial charge in [-0.1, -0.05) is 30.3 Å². The van der Waals surface area contributed by atoms with Gasteiger partial charge >= 0.3 is 0 Å². The minimum atomic E-state index is -0.229. The fraction of sp³-hybridized carbons (Fsp3) is 0.278. The van der Waals surface area contributed by atoms with Crippen molar-refractivity contribution in [3.05, 3.63) is 71.0 Å². The van der Waals surface area contributed by atoms with Gasteiger partial charge in [-0.05, 0) is 36.6 Å². The van der Waals surface area contributed by atoms with Gasteiger partial charge in [0.15, 0.2) is 0 Å². The van der Waals surface area contributed by atoms with Crippen molar-refractivity contribution in [1.82, 2.24) is 4.90 Å². The lowest BCUT2D eigenvalue weighted by Gasteiger charge is -2.22. The van der Waals surface area contributed by atoms with Crippen molar-refractivity contribution < 1.29 is 4.39 Å². The molecular formula is C18H17FN2. The van der Waals surface area contributed by atoms with E-state index >= 15 is 0 Å². The van der Waals surface area contributed by atoms with Gasteiger partial charge in [0.2, 0.25) is 0 Å². The quantitative estimate of drug-likeness (QED) is 0.831. The second kappa shape index (κ2) is 6.07. The molecule has 0 atom stereocenters. The maximum Gasteiger partial charge on any atom is 0.127 e. The Morgan fingerprint density at radius 3 is 2.52 bits per heavy atom. The number of nitrogens with zero attached hydrogens (tertiary/aromatic N) is 2. The molecule has 0 N–H and O–H groups in total. The van der Waals surface area contributed by atoms with E-state index in [4.69, 9.17) is 5.26 Å². The van der Waals surface area contributed by atoms with Crippen molar-refractivity contribution in [3.63, 3.8) is 0 Å². The standard InChI is InChI=1S/C18H17FN2/c19-18-9-6-15(11-20)10-16(18)13-21(17-7-8-17)12-14-4-2-1-3-5-14/h1-6,9-10,17H,7-8,12-13H2. The first-order valence-corrected chi connectivity index (χ1v) is 7.23. The SMILES string of the molecule is N#Cc1ccc(F)c(CN(Cc2ccccc2)C2CC2)c1. The van der Waals surface area contributed by atoms with Gasteiger partial charge in [0, 0.05) is 24.7 Å². The Kier molecular flexibility index (Phi) is 3.98. The van der Waals surface area contributed by atoms with Gasteiger partial charge in [0.25, 0.3) is 0 Å². The van der Waals surface area contributed by atoms with Crippen LogP contribution in [0.4, 0.5) is 4.39 Å². The molecule has 0 aromatic heterocycles. The maximum absolute atomic E-state index is 14.0. The van der Waals surface area contributed by atoms with Crippen LogP contribution in [0.1, 0.15) is 29.5 Å². The van der Waals surface area contributed by atoms with Crippen LogP contribution in [0.5, 0.6) is 0 Å². The molecule has 0 bridgehead atoms. The lowest BCUT2D eigenvalue weighted by Crippen LogP contribution is -2.25. The Labute approximate surface area is 124 Å². The van der Waals surface area contributed by atoms with Crippen LogP contribution in [0.2, 0.25) is 0 Å². The Morgan fingerprint density at radius 2 is 1.86 bits per heavy atom. The van der Waals surface area contributed by atoms with E-state index < -0.39 is 0 Å². The molecular weight excluding hydrogens is 263 g/mol. The van der Waals surface area contributed by atoms with Crippen LogP contribution < -0.4 is 0 Å². The number of hydrogen-bond acceptors (Lipinski definition) is 2. The third-order valence-electron chi connectivity index (χ3n) is 3.84. The molecule has 21 heavy (non-hydrogen) atoms. The van der Waals surface area contributed by atoms with Gasteiger partial charge in [-0.25, -0.2) is 4.39 Å². The third-order valence-corrected chi connectivity index (χ3v) is 3.84. The predicted octanol–water partition coefficient (Wildman–Crippen LogP) is 3.86. The fourth-order valence-electron chi connectivity index (χ4n) is 2.56. The molecule has 0 heterocycles. The second-order valence-electron chi connectivity index (χ2n) is 5.54. The summed E-state index contributed by atoms with van der Waals surface area (Å²) in [6, 6.07) is 17.4. The van der Waals surface area contributed by atoms with E-state index in [0.29, 0.717) is 23.7 Å². The van der Waals surface area contributed by atoms with E-state index in [-0.39, 0.29) is 5.82 Å². The van der Waals surface area contributed by atoms with Crippen molar-refractivity contribution in [2.24, 2.45) is 0 Å². The minimum absolute atomic E-state index is 0.229. The molecule has 1 fully saturated rings. The predicted molar refractivity (Wildman–Crippen MR) is 79.8 cm³/mol. The van der Waals surface area contributed by atoms with Gasteiger partial charge in [-0.15, -0.1) is 0 Å². The maximum atomic E-state index is 14.0. The van der Waals surface area contributed by atoms with Crippen LogP contribution in [0, 0.1) is 17.1 Å². The summed E-state index contributed by atoms with van der Waals surface area (Å²) in [4.78, 5) is 2.30. The second-order valence-corrected chi connectivity index (χ2v) is 5.54. The topological polar surface area (TPSA) is 27.0 Å². The van der Waals surface area contributed by atoms with E-state index in [0.717, 1.165) is 6.54 Å². The first-order valence-electron chi connectivity index (χ1n) is 7.23. The molecule has 2 aromatic carbocycles. The van der Waals surface area contributed by atoms with Crippen LogP contribution in [0.3, 0.4) is 0 Å². The zero-order valence-electron chi connectivity index (χ0n) is 11.8. The molecule has 0 saturated heterocycles. The molecule has 0 unspecified atom stereocenters. The van der Waals surface area contributed by atoms with Crippen molar-refractivity contribution in [2.75, 3.05) is 0 Å². The zero-order valence-corrected chi connectivity index (χ0v) is 11.8. The van der Waals surface area contributed by atoms with Gasteiger partial charge in [-0.3, -0.25) is 4.90 Å². The van der Waals surface area contributed by atoms with E-state index in [1.165, 1.54) is 30.5 Å². The van der Waals surface area contributed by atoms with Crippen molar-refractivity contribution in [3.8, 4) is 6.07 Å². The number of hydrogen-bond donors (Lipinski definition) is 0. The number of rotatable bonds is 5. The summed E-state index contributed by atoms with van der Waals surface area (Å²) in [5.74, 6) is -0.229. The highest BCUT2D eigenvalue weighted by Crippen LogP contribution is 2.30. The Bertz CT molecular complexity index is 657. The molecule has 3 rings (SSSR count). The molecule has 1 saturated carbocycles. The Morgan fingerprint density at radius 1 is 1.10 bits per heavy atom. The lowest BCUT2D eigenvalue weighted by molar-refractivity contribution is 0.242. The summed E-state index contributed by atoms with van der Waals surface area (Å²) in [5.41, 5.74) is 2.36. The number of halogens is 1. The average Bonchev–Trinajstić information content (AvgIpc) is 3.34. The number of benzene rings is 2. The first kappa shape index (κ1) is 13.8. The van der Waals surface area contributed by atoms with Crippen LogP contribution in [0.15, 0.2) is 48.5 Å². The van der Waals surface area contributed by atoms with E-state index in [1.807, 2.05) is 18.2 Å². The van der Waals surface area contributed by atoms with Crippen LogP contribution in [-0.4, -0.2) is 10.9 Å². The van der Waals surface area contributed by atoms with Crippen LogP contribution in [0.25, 0.3) is 0 Å². The molecule has 0 radical (unpaired) electrons. The Hall–Kier alpha value is -2.18. The Balaban J connectivity index is 1.78. The largest absolute Gasteiger partial charge is 0.292 e. The van der Waals surface area contributed by atoms with Gasteiger partial charge in [-0.2, -0.15) is 5.26 Å². The molecule has 106 valence electrons. The molecule has 0 aliphatic heterocycles. The summed E-state index contributed by atoms with van der Waals surface area (Å²) in [5, 5.41) is 8.96. The van der Waals surface area contributed by atoms with Crippen LogP contribution >= 0.6 is 0 Å². The summed E-state index contributed by atoms with van der Waals surface area (Å²) >= 11 is 0. The highest BCUT2D eigenvalue weighted by Gasteiger charge is 2.29. The van der Waals surface area contributed by atoms with Crippen molar-refractivity contribution in [1.29, 1.82) is 5.26 Å². The third kappa shape index (κ3) is 3.48. The minimum Gasteiger partial charge on any atom is -0.292 e. The monoisotopic (exact) mass is 280 g/mol. The smallest absolute Gasteiger partial charge is 0.127 e. The summed E-state index contributed by atoms with van der Waals surface area (Å²) in [6.45, 7) is 1.38. The van der Waals surface area contributed by atoms with Crippen molar-refractivity contribution >= 4 is 0 Å². The average molecular weight is 280 g/mol. The molecule has 2 aromatic rings. The molecule has 3 heteroatoms. The van der Waals surface area contributed by atoms with E-state index in [1.54, 1.807) is 6.07 Å². The summed E-state index contributed by atoms with van der Waals surface area (Å²) in [7, 11) is 0.